The molecule has 5 N–H and O–H groups in total. The molecule has 0 aliphatic carbocycles. The van der Waals surface area contributed by atoms with Gasteiger partial charge in [0.1, 0.15) is 18.7 Å². The third-order valence-electron chi connectivity index (χ3n) is 8.01. The maximum absolute atomic E-state index is 13.7. The van der Waals surface area contributed by atoms with Crippen LogP contribution in [-0.2, 0) is 35.3 Å². The van der Waals surface area contributed by atoms with E-state index in [1.807, 2.05) is 44.2 Å². The molecular formula is C33H50N6O7. The summed E-state index contributed by atoms with van der Waals surface area (Å²) in [6.45, 7) is 9.46. The Morgan fingerprint density at radius 1 is 0.870 bits per heavy atom. The molecule has 0 bridgehead atoms. The van der Waals surface area contributed by atoms with Gasteiger partial charge in [0.15, 0.2) is 0 Å². The molecule has 1 aromatic carbocycles. The van der Waals surface area contributed by atoms with Crippen LogP contribution in [0, 0.1) is 11.8 Å². The molecule has 1 aromatic rings. The summed E-state index contributed by atoms with van der Waals surface area (Å²) in [5.41, 5.74) is 0.796. The fraction of sp³-hybridized carbons (Fsp3) is 0.636. The fourth-order valence-corrected chi connectivity index (χ4v) is 5.63. The minimum Gasteiger partial charge on any atom is -0.445 e. The van der Waals surface area contributed by atoms with E-state index in [-0.39, 0.29) is 43.9 Å². The Labute approximate surface area is 271 Å². The van der Waals surface area contributed by atoms with Crippen molar-refractivity contribution in [2.45, 2.75) is 97.0 Å². The van der Waals surface area contributed by atoms with E-state index in [9.17, 15) is 28.8 Å². The SMILES string of the molecule is CC(C)C[C@H](NC(=O)[C@H](CN1CCCCC1)NC(=O)OCc1ccccc1)C(=O)N[C@@H](C[C@@H]1CCNC1=O)C(=O)C(=O)NC(C)C. The average Bonchev–Trinajstić information content (AvgIpc) is 3.42. The number of carbonyl (C=O) groups excluding carboxylic acids is 6. The summed E-state index contributed by atoms with van der Waals surface area (Å²) >= 11 is 0. The predicted octanol–water partition coefficient (Wildman–Crippen LogP) is 1.40. The van der Waals surface area contributed by atoms with E-state index >= 15 is 0 Å². The molecule has 5 amide bonds. The Bertz CT molecular complexity index is 1200. The van der Waals surface area contributed by atoms with Crippen molar-refractivity contribution in [3.63, 3.8) is 0 Å². The Hall–Kier alpha value is -4.00. The van der Waals surface area contributed by atoms with Crippen LogP contribution in [0.5, 0.6) is 0 Å². The fourth-order valence-electron chi connectivity index (χ4n) is 5.63. The standard InChI is InChI=1S/C33H50N6O7/c1-21(2)17-26(30(42)36-25(18-24-13-14-34-29(24)41)28(40)32(44)35-22(3)4)37-31(43)27(19-39-15-9-6-10-16-39)38-33(45)46-20-23-11-7-5-8-12-23/h5,7-8,11-12,21-22,24-27H,6,9-10,13-20H2,1-4H3,(H,34,41)(H,35,44)(H,36,42)(H,37,43)(H,38,45)/t24-,25-,26-,27-/m0/s1. The van der Waals surface area contributed by atoms with Crippen LogP contribution in [0.4, 0.5) is 4.79 Å². The molecule has 0 spiro atoms. The minimum absolute atomic E-state index is 0.0283. The number of likely N-dealkylation sites (tertiary alicyclic amines) is 1. The van der Waals surface area contributed by atoms with Crippen molar-refractivity contribution in [3.05, 3.63) is 35.9 Å². The van der Waals surface area contributed by atoms with Crippen molar-refractivity contribution in [2.24, 2.45) is 11.8 Å². The monoisotopic (exact) mass is 642 g/mol. The molecule has 2 saturated heterocycles. The number of Topliss-reactive ketones (excluding diaryl/α,β-unsaturated/α-hetero) is 1. The number of amides is 5. The number of benzene rings is 1. The predicted molar refractivity (Wildman–Crippen MR) is 171 cm³/mol. The van der Waals surface area contributed by atoms with Gasteiger partial charge in [-0.15, -0.1) is 0 Å². The lowest BCUT2D eigenvalue weighted by Crippen LogP contribution is -2.59. The molecule has 254 valence electrons. The Morgan fingerprint density at radius 2 is 1.52 bits per heavy atom. The van der Waals surface area contributed by atoms with Crippen LogP contribution >= 0.6 is 0 Å². The van der Waals surface area contributed by atoms with Gasteiger partial charge in [0.25, 0.3) is 5.91 Å². The number of carbonyl (C=O) groups is 6. The molecule has 4 atom stereocenters. The van der Waals surface area contributed by atoms with Gasteiger partial charge >= 0.3 is 6.09 Å². The first-order valence-corrected chi connectivity index (χ1v) is 16.4. The van der Waals surface area contributed by atoms with Gasteiger partial charge < -0.3 is 36.2 Å². The molecule has 0 unspecified atom stereocenters. The molecule has 13 nitrogen and oxygen atoms in total. The zero-order chi connectivity index (χ0) is 33.6. The summed E-state index contributed by atoms with van der Waals surface area (Å²) in [7, 11) is 0. The first-order valence-electron chi connectivity index (χ1n) is 16.4. The second-order valence-corrected chi connectivity index (χ2v) is 12.9. The third kappa shape index (κ3) is 12.1. The van der Waals surface area contributed by atoms with E-state index in [0.717, 1.165) is 37.9 Å². The van der Waals surface area contributed by atoms with E-state index in [0.29, 0.717) is 13.0 Å². The second kappa shape index (κ2) is 18.2. The van der Waals surface area contributed by atoms with Crippen LogP contribution in [0.2, 0.25) is 0 Å². The molecule has 13 heteroatoms. The highest BCUT2D eigenvalue weighted by atomic mass is 16.5. The lowest BCUT2D eigenvalue weighted by molar-refractivity contribution is -0.141. The third-order valence-corrected chi connectivity index (χ3v) is 8.01. The summed E-state index contributed by atoms with van der Waals surface area (Å²) in [6, 6.07) is 5.52. The smallest absolute Gasteiger partial charge is 0.408 e. The molecule has 2 aliphatic heterocycles. The highest BCUT2D eigenvalue weighted by molar-refractivity contribution is 6.38. The molecular weight excluding hydrogens is 592 g/mol. The van der Waals surface area contributed by atoms with Crippen LogP contribution in [0.25, 0.3) is 0 Å². The topological polar surface area (TPSA) is 175 Å². The second-order valence-electron chi connectivity index (χ2n) is 12.9. The summed E-state index contributed by atoms with van der Waals surface area (Å²) in [4.78, 5) is 80.4. The van der Waals surface area contributed by atoms with Gasteiger partial charge in [-0.05, 0) is 70.5 Å². The van der Waals surface area contributed by atoms with E-state index < -0.39 is 53.6 Å². The first-order chi connectivity index (χ1) is 21.9. The number of nitrogens with one attached hydrogen (secondary N) is 5. The number of hydrogen-bond acceptors (Lipinski definition) is 8. The highest BCUT2D eigenvalue weighted by Gasteiger charge is 2.36. The number of rotatable bonds is 16. The number of alkyl carbamates (subject to hydrolysis) is 1. The summed E-state index contributed by atoms with van der Waals surface area (Å²) < 4.78 is 5.38. The quantitative estimate of drug-likeness (QED) is 0.168. The first kappa shape index (κ1) is 36.5. The van der Waals surface area contributed by atoms with E-state index in [4.69, 9.17) is 4.74 Å². The van der Waals surface area contributed by atoms with Gasteiger partial charge in [-0.1, -0.05) is 50.6 Å². The van der Waals surface area contributed by atoms with Gasteiger partial charge in [-0.25, -0.2) is 4.79 Å². The lowest BCUT2D eigenvalue weighted by atomic mass is 9.94. The van der Waals surface area contributed by atoms with Crippen molar-refractivity contribution in [3.8, 4) is 0 Å². The van der Waals surface area contributed by atoms with Crippen molar-refractivity contribution in [2.75, 3.05) is 26.2 Å². The van der Waals surface area contributed by atoms with Crippen molar-refractivity contribution >= 4 is 35.5 Å². The van der Waals surface area contributed by atoms with E-state index in [1.165, 1.54) is 0 Å². The summed E-state index contributed by atoms with van der Waals surface area (Å²) in [6.07, 6.45) is 2.94. The number of nitrogens with zero attached hydrogens (tertiary/aromatic N) is 1. The van der Waals surface area contributed by atoms with Gasteiger partial charge in [0, 0.05) is 25.0 Å². The zero-order valence-electron chi connectivity index (χ0n) is 27.4. The Kier molecular flexibility index (Phi) is 14.4. The van der Waals surface area contributed by atoms with Gasteiger partial charge in [-0.2, -0.15) is 0 Å². The normalized spacial score (nSPS) is 18.7. The Balaban J connectivity index is 1.75. The maximum Gasteiger partial charge on any atom is 0.408 e. The van der Waals surface area contributed by atoms with Crippen LogP contribution < -0.4 is 26.6 Å². The van der Waals surface area contributed by atoms with Crippen LogP contribution in [-0.4, -0.2) is 90.8 Å². The number of ketones is 1. The van der Waals surface area contributed by atoms with Gasteiger partial charge in [0.2, 0.25) is 23.5 Å². The zero-order valence-corrected chi connectivity index (χ0v) is 27.4. The molecule has 2 fully saturated rings. The van der Waals surface area contributed by atoms with Crippen molar-refractivity contribution < 1.29 is 33.5 Å². The van der Waals surface area contributed by atoms with Crippen LogP contribution in [0.3, 0.4) is 0 Å². The largest absolute Gasteiger partial charge is 0.445 e. The van der Waals surface area contributed by atoms with Crippen molar-refractivity contribution in [1.29, 1.82) is 0 Å². The molecule has 46 heavy (non-hydrogen) atoms. The van der Waals surface area contributed by atoms with Gasteiger partial charge in [-0.3, -0.25) is 24.0 Å². The number of piperidine rings is 1. The maximum atomic E-state index is 13.7. The lowest BCUT2D eigenvalue weighted by Gasteiger charge is -2.31. The van der Waals surface area contributed by atoms with E-state index in [1.54, 1.807) is 13.8 Å². The average molecular weight is 643 g/mol. The molecule has 0 aromatic heterocycles. The summed E-state index contributed by atoms with van der Waals surface area (Å²) in [5, 5.41) is 13.4. The molecule has 3 rings (SSSR count). The Morgan fingerprint density at radius 3 is 2.13 bits per heavy atom. The highest BCUT2D eigenvalue weighted by Crippen LogP contribution is 2.18. The number of ether oxygens (including phenoxy) is 1. The van der Waals surface area contributed by atoms with Crippen molar-refractivity contribution in [1.82, 2.24) is 31.5 Å². The van der Waals surface area contributed by atoms with Crippen LogP contribution in [0.1, 0.15) is 71.8 Å². The van der Waals surface area contributed by atoms with Crippen LogP contribution in [0.15, 0.2) is 30.3 Å². The molecule has 0 radical (unpaired) electrons. The van der Waals surface area contributed by atoms with E-state index in [2.05, 4.69) is 31.5 Å². The van der Waals surface area contributed by atoms with Gasteiger partial charge in [0.05, 0.1) is 6.04 Å². The summed E-state index contributed by atoms with van der Waals surface area (Å²) in [5.74, 6) is -3.75. The minimum atomic E-state index is -1.26. The number of hydrogen-bond donors (Lipinski definition) is 5. The molecule has 2 aliphatic rings. The molecule has 0 saturated carbocycles. The molecule has 2 heterocycles.